The van der Waals surface area contributed by atoms with E-state index in [-0.39, 0.29) is 167 Å². The van der Waals surface area contributed by atoms with Gasteiger partial charge in [0.15, 0.2) is 11.6 Å². The molecule has 0 spiro atoms. The summed E-state index contributed by atoms with van der Waals surface area (Å²) in [6.07, 6.45) is 6.95. The fourth-order valence-corrected chi connectivity index (χ4v) is 11.6. The van der Waals surface area contributed by atoms with Gasteiger partial charge in [-0.25, -0.2) is 28.8 Å². The molecule has 0 aromatic heterocycles. The van der Waals surface area contributed by atoms with E-state index < -0.39 is 82.3 Å². The zero-order valence-electron chi connectivity index (χ0n) is 72.4. The van der Waals surface area contributed by atoms with Crippen molar-refractivity contribution >= 4 is 112 Å². The summed E-state index contributed by atoms with van der Waals surface area (Å²) >= 11 is 0. The number of ether oxygens (including phenoxy) is 5. The fourth-order valence-electron chi connectivity index (χ4n) is 11.6. The Bertz CT molecular complexity index is 4050. The number of nitrogens with two attached hydrogens (primary N) is 2. The number of amides is 15. The van der Waals surface area contributed by atoms with Gasteiger partial charge >= 0.3 is 36.5 Å². The Morgan fingerprint density at radius 2 is 0.852 bits per heavy atom. The van der Waals surface area contributed by atoms with Gasteiger partial charge < -0.3 is 87.1 Å². The number of likely N-dealkylation sites (N-methyl/N-ethyl adjacent to an activating group) is 4. The number of imide groups is 2. The van der Waals surface area contributed by atoms with Crippen molar-refractivity contribution in [3.63, 3.8) is 0 Å². The van der Waals surface area contributed by atoms with Crippen LogP contribution in [0.4, 0.5) is 45.8 Å². The summed E-state index contributed by atoms with van der Waals surface area (Å²) in [5.41, 5.74) is 11.2. The summed E-state index contributed by atoms with van der Waals surface area (Å²) < 4.78 is 26.0. The first-order chi connectivity index (χ1) is 57.4. The Hall–Kier alpha value is -12.4. The Kier molecular flexibility index (Phi) is 45.4. The van der Waals surface area contributed by atoms with Crippen LogP contribution in [0.25, 0.3) is 0 Å². The molecule has 3 aromatic carbocycles. The largest absolute Gasteiger partial charge is 0.514 e. The molecule has 2 aliphatic rings. The number of rotatable bonds is 46. The second kappa shape index (κ2) is 53.3. The number of carbonyl (C=O) groups is 16. The van der Waals surface area contributed by atoms with E-state index in [2.05, 4.69) is 37.2 Å². The van der Waals surface area contributed by atoms with Gasteiger partial charge in [0, 0.05) is 159 Å². The fraction of sp³-hybridized carbons (Fsp3) is 0.548. The van der Waals surface area contributed by atoms with Crippen molar-refractivity contribution in [2.24, 2.45) is 35.1 Å². The average molecular weight is 1710 g/mol. The summed E-state index contributed by atoms with van der Waals surface area (Å²) in [6.45, 7) is 20.7. The van der Waals surface area contributed by atoms with Crippen LogP contribution in [0, 0.1) is 33.8 Å². The molecule has 15 amide bonds. The first kappa shape index (κ1) is 104. The molecule has 38 heteroatoms. The Morgan fingerprint density at radius 1 is 0.484 bits per heavy atom. The molecule has 11 N–H and O–H groups in total. The van der Waals surface area contributed by atoms with Crippen molar-refractivity contribution in [3.8, 4) is 5.75 Å². The summed E-state index contributed by atoms with van der Waals surface area (Å²) in [5, 5.41) is 29.9. The number of carbonyl (C=O) groups excluding carboxylic acids is 16. The summed E-state index contributed by atoms with van der Waals surface area (Å²) in [7, 11) is 6.71. The van der Waals surface area contributed by atoms with Gasteiger partial charge in [-0.15, -0.1) is 0 Å². The normalized spacial score (nSPS) is 13.2. The molecule has 5 rings (SSSR count). The highest BCUT2D eigenvalue weighted by Gasteiger charge is 2.33. The number of ketones is 2. The number of nitro groups is 1. The molecule has 2 aliphatic heterocycles. The predicted molar refractivity (Wildman–Crippen MR) is 451 cm³/mol. The quantitative estimate of drug-likeness (QED) is 0.00485. The van der Waals surface area contributed by atoms with Gasteiger partial charge in [-0.05, 0) is 159 Å². The number of nitrogens with zero attached hydrogens (tertiary/aromatic N) is 6. The number of hydrogen-bond donors (Lipinski definition) is 9. The first-order valence-electron chi connectivity index (χ1n) is 40.4. The minimum Gasteiger partial charge on any atom is -0.445 e. The second-order valence-electron chi connectivity index (χ2n) is 31.8. The van der Waals surface area contributed by atoms with Gasteiger partial charge in [-0.3, -0.25) is 67.9 Å². The molecular weight excluding hydrogens is 1590 g/mol. The number of anilines is 2. The Balaban J connectivity index is 0.000000549. The van der Waals surface area contributed by atoms with Crippen LogP contribution in [-0.2, 0) is 80.1 Å². The molecule has 0 aliphatic carbocycles. The second-order valence-corrected chi connectivity index (χ2v) is 31.8. The molecule has 122 heavy (non-hydrogen) atoms. The van der Waals surface area contributed by atoms with Crippen molar-refractivity contribution in [2.45, 2.75) is 196 Å². The van der Waals surface area contributed by atoms with E-state index in [1.54, 1.807) is 123 Å². The third-order valence-electron chi connectivity index (χ3n) is 18.3. The van der Waals surface area contributed by atoms with E-state index in [0.29, 0.717) is 80.4 Å². The molecule has 38 nitrogen and oxygen atoms in total. The van der Waals surface area contributed by atoms with E-state index in [4.69, 9.17) is 35.2 Å². The topological polar surface area (TPSA) is 515 Å². The average Bonchev–Trinajstić information content (AvgIpc) is 1.25. The molecule has 0 saturated carbocycles. The molecule has 0 radical (unpaired) electrons. The van der Waals surface area contributed by atoms with Crippen LogP contribution in [-0.4, -0.2) is 229 Å². The van der Waals surface area contributed by atoms with Crippen molar-refractivity contribution in [3.05, 3.63) is 118 Å². The maximum Gasteiger partial charge on any atom is 0.514 e. The summed E-state index contributed by atoms with van der Waals surface area (Å²) in [4.78, 5) is 214. The number of primary amides is 2. The number of urea groups is 2. The standard InChI is InChI=1S/C39H59N7O10.C36H44N6O11.C9H20N2O2/c1-26(2)34(43-31(48)13-9-8-10-21-46-32(49)18-19-33(46)50)30(47)24-28(12-11-20-41-36(40)52)35(51)42-29-16-14-27(15-17-29)25-55-37(53)44(6)22-23-45(7)38(54)56-39(3,4)5;1-23(2)33(40-30(44)8-4-3-5-20-41-31(45)17-18-32(41)46)29(43)21-25(7-6-19-38-35(37)48)34(47)39-26-11-9-24(10-12-26)22-52-36(49)53-28-15-13-27(14-16-28)42(50)51;1-9(2,3)13-8(12)11(5)7-6-10-4/h14-19,26,28,34H,8-13,20-25H2,1-7H3,(H,42,51)(H,43,48)(H3,40,41,52);9-18,23,25,33H,3-8,19-22H2,1-2H3,(H,39,47)(H,40,44)(H3,37,38,48);10H,6-7H2,1-5H3/t28-,34+;25-,33+;/m11./s1. The van der Waals surface area contributed by atoms with Crippen LogP contribution in [0.3, 0.4) is 0 Å². The molecular formula is C84H123N15O23. The van der Waals surface area contributed by atoms with E-state index in [1.165, 1.54) is 58.4 Å². The highest BCUT2D eigenvalue weighted by Crippen LogP contribution is 2.25. The van der Waals surface area contributed by atoms with Gasteiger partial charge in [0.1, 0.15) is 30.2 Å². The van der Waals surface area contributed by atoms with Crippen molar-refractivity contribution in [2.75, 3.05) is 91.2 Å². The van der Waals surface area contributed by atoms with E-state index in [0.717, 1.165) is 16.3 Å². The van der Waals surface area contributed by atoms with Crippen LogP contribution >= 0.6 is 0 Å². The van der Waals surface area contributed by atoms with Crippen LogP contribution < -0.4 is 53.4 Å². The monoisotopic (exact) mass is 1710 g/mol. The number of nitro benzene ring substituents is 1. The van der Waals surface area contributed by atoms with E-state index >= 15 is 0 Å². The molecule has 2 heterocycles. The van der Waals surface area contributed by atoms with Gasteiger partial charge in [0.05, 0.1) is 17.0 Å². The van der Waals surface area contributed by atoms with Crippen LogP contribution in [0.15, 0.2) is 97.1 Å². The minimum atomic E-state index is -1.02. The van der Waals surface area contributed by atoms with Gasteiger partial charge in [0.2, 0.25) is 23.6 Å². The number of unbranched alkanes of at least 4 members (excludes halogenated alkanes) is 4. The number of Topliss-reactive ketones (excluding diaryl/α,β-unsaturated/α-hetero) is 2. The lowest BCUT2D eigenvalue weighted by Crippen LogP contribution is -2.45. The molecule has 4 atom stereocenters. The van der Waals surface area contributed by atoms with Gasteiger partial charge in [-0.1, -0.05) is 64.8 Å². The Labute approximate surface area is 711 Å². The lowest BCUT2D eigenvalue weighted by Gasteiger charge is -2.26. The van der Waals surface area contributed by atoms with Gasteiger partial charge in [-0.2, -0.15) is 0 Å². The van der Waals surface area contributed by atoms with Crippen molar-refractivity contribution < 1.29 is 105 Å². The SMILES string of the molecule is CC(C)[C@H](NC(=O)CCCCCN1C(=O)C=CC1=O)C(=O)C[C@@H](CCCNC(N)=O)C(=O)Nc1ccc(COC(=O)N(C)CCN(C)C(=O)OC(C)(C)C)cc1.CC(C)[C@H](NC(=O)CCCCCN1C(=O)C=CC1=O)C(=O)C[C@@H](CCCNC(N)=O)C(=O)Nc1ccc(COC(=O)Oc2ccc([N+](=O)[O-])cc2)cc1.CNCCN(C)C(=O)OC(C)(C)C. The smallest absolute Gasteiger partial charge is 0.445 e. The predicted octanol–water partition coefficient (Wildman–Crippen LogP) is 8.68. The zero-order chi connectivity index (χ0) is 91.4. The minimum absolute atomic E-state index is 0.0378. The van der Waals surface area contributed by atoms with E-state index in [1.807, 2.05) is 27.8 Å². The molecule has 3 aromatic rings. The maximum absolute atomic E-state index is 13.6. The summed E-state index contributed by atoms with van der Waals surface area (Å²) in [6, 6.07) is 14.8. The number of hydrogen-bond acceptors (Lipinski definition) is 24. The molecule has 0 unspecified atom stereocenters. The van der Waals surface area contributed by atoms with Crippen molar-refractivity contribution in [1.82, 2.24) is 51.1 Å². The third-order valence-corrected chi connectivity index (χ3v) is 18.3. The summed E-state index contributed by atoms with van der Waals surface area (Å²) in [5.74, 6) is -5.62. The van der Waals surface area contributed by atoms with Crippen LogP contribution in [0.5, 0.6) is 5.75 Å². The van der Waals surface area contributed by atoms with Crippen LogP contribution in [0.1, 0.15) is 170 Å². The maximum atomic E-state index is 13.6. The number of non-ortho nitro benzene ring substituents is 1. The molecule has 0 bridgehead atoms. The van der Waals surface area contributed by atoms with Crippen molar-refractivity contribution in [1.29, 1.82) is 0 Å². The number of benzene rings is 3. The highest BCUT2D eigenvalue weighted by molar-refractivity contribution is 6.13. The lowest BCUT2D eigenvalue weighted by molar-refractivity contribution is -0.384. The van der Waals surface area contributed by atoms with Crippen LogP contribution in [0.2, 0.25) is 0 Å². The highest BCUT2D eigenvalue weighted by atomic mass is 16.7. The zero-order valence-corrected chi connectivity index (χ0v) is 72.4. The third kappa shape index (κ3) is 42.0. The molecule has 0 saturated heterocycles. The molecule has 672 valence electrons. The first-order valence-corrected chi connectivity index (χ1v) is 40.4. The Morgan fingerprint density at radius 3 is 1.20 bits per heavy atom. The van der Waals surface area contributed by atoms with Gasteiger partial charge in [0.25, 0.3) is 29.3 Å². The van der Waals surface area contributed by atoms with E-state index in [9.17, 15) is 86.8 Å². The lowest BCUT2D eigenvalue weighted by atomic mass is 9.89. The number of nitrogens with one attached hydrogen (secondary N) is 7. The molecule has 0 fully saturated rings.